The number of unbranched alkanes of at least 4 members (excludes halogenated alkanes) is 1. The molecular formula is C16H22N4O. The molecule has 0 aliphatic carbocycles. The van der Waals surface area contributed by atoms with Crippen molar-refractivity contribution < 1.29 is 4.79 Å². The van der Waals surface area contributed by atoms with E-state index in [1.54, 1.807) is 11.0 Å². The molecule has 1 heterocycles. The number of benzene rings is 1. The SMILES string of the molecule is CCCCC(C)C(=O)NCc1ncn(-c2ccccc2)n1. The molecule has 2 aromatic rings. The van der Waals surface area contributed by atoms with E-state index in [4.69, 9.17) is 0 Å². The van der Waals surface area contributed by atoms with Crippen molar-refractivity contribution in [2.45, 2.75) is 39.7 Å². The van der Waals surface area contributed by atoms with E-state index in [0.717, 1.165) is 24.9 Å². The van der Waals surface area contributed by atoms with Crippen molar-refractivity contribution in [1.82, 2.24) is 20.1 Å². The molecule has 112 valence electrons. The number of aromatic nitrogens is 3. The Labute approximate surface area is 125 Å². The van der Waals surface area contributed by atoms with E-state index >= 15 is 0 Å². The van der Waals surface area contributed by atoms with Gasteiger partial charge in [-0.2, -0.15) is 0 Å². The van der Waals surface area contributed by atoms with Crippen LogP contribution in [0.4, 0.5) is 0 Å². The number of amides is 1. The second-order valence-electron chi connectivity index (χ2n) is 5.20. The van der Waals surface area contributed by atoms with Crippen molar-refractivity contribution in [3.05, 3.63) is 42.5 Å². The molecule has 2 rings (SSSR count). The summed E-state index contributed by atoms with van der Waals surface area (Å²) in [5.74, 6) is 0.732. The highest BCUT2D eigenvalue weighted by molar-refractivity contribution is 5.78. The maximum Gasteiger partial charge on any atom is 0.223 e. The van der Waals surface area contributed by atoms with Crippen molar-refractivity contribution in [2.75, 3.05) is 0 Å². The summed E-state index contributed by atoms with van der Waals surface area (Å²) in [4.78, 5) is 16.1. The molecule has 0 aliphatic rings. The first-order valence-corrected chi connectivity index (χ1v) is 7.44. The Kier molecular flexibility index (Phi) is 5.49. The number of hydrogen-bond donors (Lipinski definition) is 1. The summed E-state index contributed by atoms with van der Waals surface area (Å²) in [5.41, 5.74) is 0.957. The van der Waals surface area contributed by atoms with E-state index in [9.17, 15) is 4.79 Å². The number of rotatable bonds is 7. The van der Waals surface area contributed by atoms with Crippen LogP contribution in [-0.4, -0.2) is 20.7 Å². The van der Waals surface area contributed by atoms with Crippen LogP contribution >= 0.6 is 0 Å². The lowest BCUT2D eigenvalue weighted by Crippen LogP contribution is -2.29. The lowest BCUT2D eigenvalue weighted by atomic mass is 10.0. The molecular weight excluding hydrogens is 264 g/mol. The van der Waals surface area contributed by atoms with E-state index in [2.05, 4.69) is 22.3 Å². The van der Waals surface area contributed by atoms with Crippen LogP contribution in [0.15, 0.2) is 36.7 Å². The molecule has 0 bridgehead atoms. The minimum Gasteiger partial charge on any atom is -0.348 e. The van der Waals surface area contributed by atoms with Gasteiger partial charge in [0.25, 0.3) is 0 Å². The predicted molar refractivity (Wildman–Crippen MR) is 81.9 cm³/mol. The third-order valence-electron chi connectivity index (χ3n) is 3.42. The first-order valence-electron chi connectivity index (χ1n) is 7.44. The van der Waals surface area contributed by atoms with Crippen LogP contribution in [0.2, 0.25) is 0 Å². The molecule has 1 aromatic heterocycles. The van der Waals surface area contributed by atoms with Gasteiger partial charge in [-0.3, -0.25) is 4.79 Å². The Morgan fingerprint density at radius 3 is 2.81 bits per heavy atom. The average Bonchev–Trinajstić information content (AvgIpc) is 3.00. The number of para-hydroxylation sites is 1. The third-order valence-corrected chi connectivity index (χ3v) is 3.42. The zero-order valence-corrected chi connectivity index (χ0v) is 12.6. The Balaban J connectivity index is 1.87. The standard InChI is InChI=1S/C16H22N4O/c1-3-4-8-13(2)16(21)17-11-15-18-12-20(19-15)14-9-6-5-7-10-14/h5-7,9-10,12-13H,3-4,8,11H2,1-2H3,(H,17,21). The van der Waals surface area contributed by atoms with Crippen LogP contribution in [0.5, 0.6) is 0 Å². The van der Waals surface area contributed by atoms with Crippen LogP contribution in [-0.2, 0) is 11.3 Å². The number of carbonyl (C=O) groups excluding carboxylic acids is 1. The minimum atomic E-state index is 0.0427. The van der Waals surface area contributed by atoms with Gasteiger partial charge in [0, 0.05) is 5.92 Å². The van der Waals surface area contributed by atoms with Crippen molar-refractivity contribution in [2.24, 2.45) is 5.92 Å². The van der Waals surface area contributed by atoms with Crippen LogP contribution in [0.1, 0.15) is 38.9 Å². The smallest absolute Gasteiger partial charge is 0.223 e. The van der Waals surface area contributed by atoms with Crippen molar-refractivity contribution in [3.63, 3.8) is 0 Å². The van der Waals surface area contributed by atoms with Gasteiger partial charge in [0.2, 0.25) is 5.91 Å². The monoisotopic (exact) mass is 286 g/mol. The maximum atomic E-state index is 11.9. The lowest BCUT2D eigenvalue weighted by molar-refractivity contribution is -0.124. The highest BCUT2D eigenvalue weighted by Gasteiger charge is 2.12. The largest absolute Gasteiger partial charge is 0.348 e. The molecule has 0 aliphatic heterocycles. The van der Waals surface area contributed by atoms with Crippen LogP contribution in [0, 0.1) is 5.92 Å². The normalized spacial score (nSPS) is 12.1. The molecule has 21 heavy (non-hydrogen) atoms. The molecule has 1 unspecified atom stereocenters. The predicted octanol–water partition coefficient (Wildman–Crippen LogP) is 2.71. The summed E-state index contributed by atoms with van der Waals surface area (Å²) in [5, 5.41) is 7.26. The van der Waals surface area contributed by atoms with Gasteiger partial charge < -0.3 is 5.32 Å². The molecule has 1 aromatic carbocycles. The molecule has 0 radical (unpaired) electrons. The van der Waals surface area contributed by atoms with Gasteiger partial charge >= 0.3 is 0 Å². The first kappa shape index (κ1) is 15.2. The fourth-order valence-electron chi connectivity index (χ4n) is 2.07. The Bertz CT molecular complexity index is 565. The van der Waals surface area contributed by atoms with E-state index in [1.165, 1.54) is 0 Å². The summed E-state index contributed by atoms with van der Waals surface area (Å²) >= 11 is 0. The number of nitrogens with one attached hydrogen (secondary N) is 1. The van der Waals surface area contributed by atoms with Crippen molar-refractivity contribution in [3.8, 4) is 5.69 Å². The molecule has 1 amide bonds. The van der Waals surface area contributed by atoms with Crippen LogP contribution in [0.25, 0.3) is 5.69 Å². The van der Waals surface area contributed by atoms with Gasteiger partial charge in [0.1, 0.15) is 6.33 Å². The highest BCUT2D eigenvalue weighted by atomic mass is 16.1. The molecule has 1 atom stereocenters. The summed E-state index contributed by atoms with van der Waals surface area (Å²) in [6.07, 6.45) is 4.78. The second-order valence-corrected chi connectivity index (χ2v) is 5.20. The van der Waals surface area contributed by atoms with Crippen LogP contribution in [0.3, 0.4) is 0 Å². The molecule has 0 fully saturated rings. The Morgan fingerprint density at radius 1 is 1.33 bits per heavy atom. The second kappa shape index (κ2) is 7.57. The first-order chi connectivity index (χ1) is 10.2. The van der Waals surface area contributed by atoms with E-state index in [0.29, 0.717) is 12.4 Å². The van der Waals surface area contributed by atoms with E-state index < -0.39 is 0 Å². The van der Waals surface area contributed by atoms with Gasteiger partial charge in [-0.1, -0.05) is 44.9 Å². The average molecular weight is 286 g/mol. The third kappa shape index (κ3) is 4.41. The fourth-order valence-corrected chi connectivity index (χ4v) is 2.07. The van der Waals surface area contributed by atoms with Gasteiger partial charge in [0.05, 0.1) is 12.2 Å². The molecule has 5 heteroatoms. The van der Waals surface area contributed by atoms with Crippen molar-refractivity contribution >= 4 is 5.91 Å². The number of nitrogens with zero attached hydrogens (tertiary/aromatic N) is 3. The maximum absolute atomic E-state index is 11.9. The van der Waals surface area contributed by atoms with Gasteiger partial charge in [0.15, 0.2) is 5.82 Å². The zero-order chi connectivity index (χ0) is 15.1. The minimum absolute atomic E-state index is 0.0427. The van der Waals surface area contributed by atoms with Crippen LogP contribution < -0.4 is 5.32 Å². The van der Waals surface area contributed by atoms with Crippen molar-refractivity contribution in [1.29, 1.82) is 0 Å². The molecule has 0 saturated carbocycles. The van der Waals surface area contributed by atoms with Gasteiger partial charge in [-0.25, -0.2) is 9.67 Å². The summed E-state index contributed by atoms with van der Waals surface area (Å²) in [6.45, 7) is 4.46. The number of carbonyl (C=O) groups is 1. The zero-order valence-electron chi connectivity index (χ0n) is 12.6. The molecule has 5 nitrogen and oxygen atoms in total. The molecule has 0 spiro atoms. The Morgan fingerprint density at radius 2 is 2.10 bits per heavy atom. The summed E-state index contributed by atoms with van der Waals surface area (Å²) in [7, 11) is 0. The van der Waals surface area contributed by atoms with E-state index in [-0.39, 0.29) is 11.8 Å². The quantitative estimate of drug-likeness (QED) is 0.851. The fraction of sp³-hybridized carbons (Fsp3) is 0.438. The Hall–Kier alpha value is -2.17. The van der Waals surface area contributed by atoms with Gasteiger partial charge in [-0.15, -0.1) is 5.10 Å². The lowest BCUT2D eigenvalue weighted by Gasteiger charge is -2.10. The molecule has 0 saturated heterocycles. The highest BCUT2D eigenvalue weighted by Crippen LogP contribution is 2.08. The topological polar surface area (TPSA) is 59.8 Å². The summed E-state index contributed by atoms with van der Waals surface area (Å²) < 4.78 is 1.71. The van der Waals surface area contributed by atoms with E-state index in [1.807, 2.05) is 37.3 Å². The summed E-state index contributed by atoms with van der Waals surface area (Å²) in [6, 6.07) is 9.79. The number of hydrogen-bond acceptors (Lipinski definition) is 3. The molecule has 1 N–H and O–H groups in total. The van der Waals surface area contributed by atoms with Gasteiger partial charge in [-0.05, 0) is 18.6 Å².